The van der Waals surface area contributed by atoms with Gasteiger partial charge in [-0.25, -0.2) is 0 Å². The first-order valence-electron chi connectivity index (χ1n) is 9.53. The van der Waals surface area contributed by atoms with Crippen LogP contribution in [0.25, 0.3) is 0 Å². The number of hydrogen-bond donors (Lipinski definition) is 2. The summed E-state index contributed by atoms with van der Waals surface area (Å²) in [4.78, 5) is 27.5. The number of nitrogens with zero attached hydrogens (tertiary/aromatic N) is 3. The van der Waals surface area contributed by atoms with Gasteiger partial charge in [0.1, 0.15) is 5.54 Å². The minimum atomic E-state index is -0.719. The van der Waals surface area contributed by atoms with Crippen LogP contribution in [0.3, 0.4) is 0 Å². The van der Waals surface area contributed by atoms with Crippen molar-refractivity contribution >= 4 is 11.8 Å². The van der Waals surface area contributed by atoms with E-state index in [4.69, 9.17) is 0 Å². The highest BCUT2D eigenvalue weighted by molar-refractivity contribution is 5.89. The number of piperidine rings is 1. The average Bonchev–Trinajstić information content (AvgIpc) is 3.27. The first-order valence-corrected chi connectivity index (χ1v) is 9.53. The van der Waals surface area contributed by atoms with Gasteiger partial charge in [-0.1, -0.05) is 24.3 Å². The highest BCUT2D eigenvalue weighted by Crippen LogP contribution is 2.27. The molecular formula is C20H25N5O2. The molecule has 0 atom stereocenters. The van der Waals surface area contributed by atoms with E-state index in [1.807, 2.05) is 29.3 Å². The third kappa shape index (κ3) is 3.47. The van der Waals surface area contributed by atoms with Gasteiger partial charge in [0.2, 0.25) is 11.8 Å². The summed E-state index contributed by atoms with van der Waals surface area (Å²) in [5.74, 6) is -0.166. The second-order valence-corrected chi connectivity index (χ2v) is 7.25. The topological polar surface area (TPSA) is 79.3 Å². The number of nitrogens with one attached hydrogen (secondary N) is 2. The molecule has 0 aliphatic carbocycles. The van der Waals surface area contributed by atoms with Gasteiger partial charge in [0.15, 0.2) is 0 Å². The van der Waals surface area contributed by atoms with Crippen molar-refractivity contribution in [2.45, 2.75) is 31.3 Å². The molecule has 3 heterocycles. The Morgan fingerprint density at radius 1 is 1.15 bits per heavy atom. The van der Waals surface area contributed by atoms with Gasteiger partial charge in [-0.2, -0.15) is 5.10 Å². The summed E-state index contributed by atoms with van der Waals surface area (Å²) in [6.45, 7) is 2.84. The molecule has 0 saturated carbocycles. The summed E-state index contributed by atoms with van der Waals surface area (Å²) in [7, 11) is 0. The van der Waals surface area contributed by atoms with Gasteiger partial charge in [-0.05, 0) is 49.5 Å². The molecule has 2 aromatic rings. The quantitative estimate of drug-likeness (QED) is 0.832. The van der Waals surface area contributed by atoms with E-state index in [2.05, 4.69) is 27.9 Å². The lowest BCUT2D eigenvalue weighted by Gasteiger charge is -2.36. The van der Waals surface area contributed by atoms with Crippen LogP contribution in [0.2, 0.25) is 0 Å². The lowest BCUT2D eigenvalue weighted by Crippen LogP contribution is -2.56. The average molecular weight is 367 g/mol. The molecule has 1 aromatic carbocycles. The molecule has 2 N–H and O–H groups in total. The second-order valence-electron chi connectivity index (χ2n) is 7.25. The Morgan fingerprint density at radius 2 is 1.93 bits per heavy atom. The van der Waals surface area contributed by atoms with E-state index in [1.54, 1.807) is 10.9 Å². The number of amides is 2. The molecule has 0 bridgehead atoms. The highest BCUT2D eigenvalue weighted by Gasteiger charge is 2.42. The van der Waals surface area contributed by atoms with E-state index in [0.717, 1.165) is 19.5 Å². The van der Waals surface area contributed by atoms with Gasteiger partial charge in [0.05, 0.1) is 6.54 Å². The predicted molar refractivity (Wildman–Crippen MR) is 101 cm³/mol. The third-order valence-corrected chi connectivity index (χ3v) is 5.68. The number of carbonyl (C=O) groups is 2. The molecule has 7 nitrogen and oxygen atoms in total. The smallest absolute Gasteiger partial charge is 0.248 e. The number of carbonyl (C=O) groups excluding carboxylic acids is 2. The van der Waals surface area contributed by atoms with Crippen molar-refractivity contribution in [1.82, 2.24) is 25.3 Å². The Balaban J connectivity index is 1.40. The normalized spacial score (nSPS) is 18.6. The molecule has 1 fully saturated rings. The zero-order valence-corrected chi connectivity index (χ0v) is 15.4. The maximum Gasteiger partial charge on any atom is 0.248 e. The van der Waals surface area contributed by atoms with Crippen molar-refractivity contribution in [3.8, 4) is 0 Å². The minimum absolute atomic E-state index is 0.0252. The highest BCUT2D eigenvalue weighted by atomic mass is 16.2. The Kier molecular flexibility index (Phi) is 4.94. The van der Waals surface area contributed by atoms with Crippen LogP contribution in [0.4, 0.5) is 0 Å². The molecular weight excluding hydrogens is 342 g/mol. The zero-order chi connectivity index (χ0) is 18.7. The molecule has 2 aliphatic rings. The number of fused-ring (bicyclic) bond motifs is 1. The lowest BCUT2D eigenvalue weighted by atomic mass is 9.87. The Labute approximate surface area is 158 Å². The fourth-order valence-corrected chi connectivity index (χ4v) is 4.06. The standard InChI is InChI=1S/C20H25N5O2/c26-18(24-13-6-16-4-1-2-5-17(16)15-24)14-22-19(27)20(7-10-21-11-8-20)25-12-3-9-23-25/h1-5,9,12,21H,6-8,10-11,13-15H2,(H,22,27). The van der Waals surface area contributed by atoms with Crippen LogP contribution in [0, 0.1) is 0 Å². The van der Waals surface area contributed by atoms with Gasteiger partial charge in [0, 0.05) is 25.5 Å². The van der Waals surface area contributed by atoms with Crippen LogP contribution in [0.5, 0.6) is 0 Å². The number of rotatable bonds is 4. The van der Waals surface area contributed by atoms with Gasteiger partial charge in [-0.15, -0.1) is 0 Å². The van der Waals surface area contributed by atoms with Crippen molar-refractivity contribution in [3.63, 3.8) is 0 Å². The number of aromatic nitrogens is 2. The second kappa shape index (κ2) is 7.52. The van der Waals surface area contributed by atoms with Crippen molar-refractivity contribution in [2.75, 3.05) is 26.2 Å². The van der Waals surface area contributed by atoms with E-state index in [0.29, 0.717) is 25.9 Å². The first-order chi connectivity index (χ1) is 13.2. The molecule has 4 rings (SSSR count). The minimum Gasteiger partial charge on any atom is -0.345 e. The molecule has 0 radical (unpaired) electrons. The SMILES string of the molecule is O=C(CNC(=O)C1(n2cccn2)CCNCC1)N1CCc2ccccc2C1. The van der Waals surface area contributed by atoms with Gasteiger partial charge in [-0.3, -0.25) is 14.3 Å². The van der Waals surface area contributed by atoms with Crippen LogP contribution in [-0.2, 0) is 28.1 Å². The maximum atomic E-state index is 13.0. The number of benzene rings is 1. The molecule has 1 aromatic heterocycles. The van der Waals surface area contributed by atoms with E-state index in [-0.39, 0.29) is 18.4 Å². The molecule has 0 spiro atoms. The monoisotopic (exact) mass is 367 g/mol. The first kappa shape index (κ1) is 17.7. The molecule has 142 valence electrons. The number of hydrogen-bond acceptors (Lipinski definition) is 4. The van der Waals surface area contributed by atoms with E-state index >= 15 is 0 Å². The molecule has 2 amide bonds. The van der Waals surface area contributed by atoms with Crippen LogP contribution in [0.1, 0.15) is 24.0 Å². The fraction of sp³-hybridized carbons (Fsp3) is 0.450. The van der Waals surface area contributed by atoms with E-state index in [1.165, 1.54) is 11.1 Å². The summed E-state index contributed by atoms with van der Waals surface area (Å²) in [6.07, 6.45) is 5.69. The zero-order valence-electron chi connectivity index (χ0n) is 15.4. The van der Waals surface area contributed by atoms with Crippen molar-refractivity contribution in [3.05, 3.63) is 53.9 Å². The van der Waals surface area contributed by atoms with Gasteiger partial charge in [0.25, 0.3) is 0 Å². The van der Waals surface area contributed by atoms with Crippen LogP contribution < -0.4 is 10.6 Å². The van der Waals surface area contributed by atoms with E-state index < -0.39 is 5.54 Å². The molecule has 1 saturated heterocycles. The van der Waals surface area contributed by atoms with Crippen molar-refractivity contribution in [1.29, 1.82) is 0 Å². The molecule has 2 aliphatic heterocycles. The van der Waals surface area contributed by atoms with Gasteiger partial charge < -0.3 is 15.5 Å². The Hall–Kier alpha value is -2.67. The molecule has 7 heteroatoms. The van der Waals surface area contributed by atoms with Gasteiger partial charge >= 0.3 is 0 Å². The molecule has 27 heavy (non-hydrogen) atoms. The van der Waals surface area contributed by atoms with Crippen LogP contribution in [0.15, 0.2) is 42.7 Å². The Bertz CT molecular complexity index is 812. The summed E-state index contributed by atoms with van der Waals surface area (Å²) in [5, 5.41) is 10.5. The Morgan fingerprint density at radius 3 is 2.67 bits per heavy atom. The summed E-state index contributed by atoms with van der Waals surface area (Å²) in [5.41, 5.74) is 1.77. The third-order valence-electron chi connectivity index (χ3n) is 5.68. The maximum absolute atomic E-state index is 13.0. The fourth-order valence-electron chi connectivity index (χ4n) is 4.06. The van der Waals surface area contributed by atoms with Crippen molar-refractivity contribution in [2.24, 2.45) is 0 Å². The van der Waals surface area contributed by atoms with Crippen LogP contribution >= 0.6 is 0 Å². The lowest BCUT2D eigenvalue weighted by molar-refractivity contribution is -0.137. The largest absolute Gasteiger partial charge is 0.345 e. The predicted octanol–water partition coefficient (Wildman–Crippen LogP) is 0.663. The summed E-state index contributed by atoms with van der Waals surface area (Å²) < 4.78 is 1.74. The summed E-state index contributed by atoms with van der Waals surface area (Å²) >= 11 is 0. The van der Waals surface area contributed by atoms with E-state index in [9.17, 15) is 9.59 Å². The molecule has 0 unspecified atom stereocenters. The van der Waals surface area contributed by atoms with Crippen molar-refractivity contribution < 1.29 is 9.59 Å². The van der Waals surface area contributed by atoms with Crippen LogP contribution in [-0.4, -0.2) is 52.7 Å². The summed E-state index contributed by atoms with van der Waals surface area (Å²) in [6, 6.07) is 10.0.